The predicted octanol–water partition coefficient (Wildman–Crippen LogP) is 1.81. The van der Waals surface area contributed by atoms with E-state index in [9.17, 15) is 4.79 Å². The molecule has 1 unspecified atom stereocenters. The van der Waals surface area contributed by atoms with E-state index in [0.29, 0.717) is 32.2 Å². The molecule has 144 valence electrons. The lowest BCUT2D eigenvalue weighted by Crippen LogP contribution is -2.48. The van der Waals surface area contributed by atoms with E-state index in [-0.39, 0.29) is 18.2 Å². The largest absolute Gasteiger partial charge is 0.450 e. The van der Waals surface area contributed by atoms with Crippen LogP contribution in [0.3, 0.4) is 0 Å². The van der Waals surface area contributed by atoms with Crippen molar-refractivity contribution in [1.82, 2.24) is 15.1 Å². The molecule has 2 rings (SSSR count). The number of amides is 1. The highest BCUT2D eigenvalue weighted by Gasteiger charge is 2.23. The minimum Gasteiger partial charge on any atom is -0.450 e. The van der Waals surface area contributed by atoms with Crippen molar-refractivity contribution in [2.24, 2.45) is 10.7 Å². The number of hydrogen-bond donors (Lipinski definition) is 2. The van der Waals surface area contributed by atoms with E-state index >= 15 is 0 Å². The van der Waals surface area contributed by atoms with Gasteiger partial charge in [0.1, 0.15) is 0 Å². The number of nitrogens with zero attached hydrogens (tertiary/aromatic N) is 3. The van der Waals surface area contributed by atoms with Gasteiger partial charge in [0.2, 0.25) is 0 Å². The Bertz CT molecular complexity index is 583. The number of guanidine groups is 1. The number of carbonyl (C=O) groups is 1. The van der Waals surface area contributed by atoms with Gasteiger partial charge < -0.3 is 25.6 Å². The summed E-state index contributed by atoms with van der Waals surface area (Å²) in [5.74, 6) is 0.461. The number of likely N-dealkylation sites (N-methyl/N-ethyl adjacent to an activating group) is 1. The van der Waals surface area contributed by atoms with E-state index in [0.717, 1.165) is 12.8 Å². The number of nitrogens with one attached hydrogen (secondary N) is 1. The maximum absolute atomic E-state index is 11.7. The van der Waals surface area contributed by atoms with E-state index in [1.807, 2.05) is 39.2 Å². The monoisotopic (exact) mass is 361 g/mol. The van der Waals surface area contributed by atoms with Crippen LogP contribution in [0.1, 0.15) is 31.4 Å². The molecule has 0 spiro atoms. The molecule has 1 amide bonds. The summed E-state index contributed by atoms with van der Waals surface area (Å²) in [6.07, 6.45) is 1.44. The zero-order chi connectivity index (χ0) is 18.9. The second-order valence-corrected chi connectivity index (χ2v) is 6.72. The van der Waals surface area contributed by atoms with Gasteiger partial charge in [-0.15, -0.1) is 0 Å². The van der Waals surface area contributed by atoms with Gasteiger partial charge in [-0.05, 0) is 39.4 Å². The lowest BCUT2D eigenvalue weighted by atomic mass is 10.1. The minimum absolute atomic E-state index is 0.183. The van der Waals surface area contributed by atoms with Crippen LogP contribution in [-0.2, 0) is 4.74 Å². The number of piperidine rings is 1. The Hall–Kier alpha value is -2.28. The van der Waals surface area contributed by atoms with Crippen molar-refractivity contribution in [2.45, 2.75) is 31.8 Å². The molecule has 1 aliphatic heterocycles. The molecule has 0 aromatic heterocycles. The molecule has 3 N–H and O–H groups in total. The number of carbonyl (C=O) groups excluding carboxylic acids is 1. The first-order valence-electron chi connectivity index (χ1n) is 9.20. The fourth-order valence-corrected chi connectivity index (χ4v) is 3.10. The summed E-state index contributed by atoms with van der Waals surface area (Å²) in [7, 11) is 4.09. The zero-order valence-corrected chi connectivity index (χ0v) is 16.0. The number of aliphatic imine (C=N–C) groups is 1. The van der Waals surface area contributed by atoms with Crippen LogP contribution in [0.5, 0.6) is 0 Å². The fraction of sp³-hybridized carbons (Fsp3) is 0.579. The van der Waals surface area contributed by atoms with Crippen LogP contribution in [-0.4, -0.2) is 68.2 Å². The smallest absolute Gasteiger partial charge is 0.409 e. The Morgan fingerprint density at radius 3 is 2.58 bits per heavy atom. The summed E-state index contributed by atoms with van der Waals surface area (Å²) in [6, 6.07) is 10.7. The lowest BCUT2D eigenvalue weighted by Gasteiger charge is -2.32. The molecule has 0 radical (unpaired) electrons. The maximum atomic E-state index is 11.7. The van der Waals surface area contributed by atoms with Crippen LogP contribution < -0.4 is 11.1 Å². The first-order valence-corrected chi connectivity index (χ1v) is 9.20. The Balaban J connectivity index is 1.83. The summed E-state index contributed by atoms with van der Waals surface area (Å²) in [5.41, 5.74) is 7.31. The van der Waals surface area contributed by atoms with Crippen molar-refractivity contribution in [2.75, 3.05) is 40.3 Å². The van der Waals surface area contributed by atoms with Crippen molar-refractivity contribution >= 4 is 12.1 Å². The Labute approximate surface area is 156 Å². The van der Waals surface area contributed by atoms with Gasteiger partial charge in [0, 0.05) is 19.1 Å². The third kappa shape index (κ3) is 5.91. The highest BCUT2D eigenvalue weighted by Crippen LogP contribution is 2.18. The van der Waals surface area contributed by atoms with Crippen molar-refractivity contribution in [3.63, 3.8) is 0 Å². The first kappa shape index (κ1) is 20.0. The van der Waals surface area contributed by atoms with Gasteiger partial charge in [-0.2, -0.15) is 0 Å². The molecule has 1 fully saturated rings. The number of rotatable bonds is 6. The molecule has 26 heavy (non-hydrogen) atoms. The predicted molar refractivity (Wildman–Crippen MR) is 104 cm³/mol. The Morgan fingerprint density at radius 1 is 1.35 bits per heavy atom. The summed E-state index contributed by atoms with van der Waals surface area (Å²) in [6.45, 7) is 4.17. The average molecular weight is 361 g/mol. The third-order valence-electron chi connectivity index (χ3n) is 4.62. The molecule has 1 aliphatic rings. The first-order chi connectivity index (χ1) is 12.5. The highest BCUT2D eigenvalue weighted by molar-refractivity contribution is 5.78. The van der Waals surface area contributed by atoms with Crippen molar-refractivity contribution in [1.29, 1.82) is 0 Å². The molecule has 7 nitrogen and oxygen atoms in total. The third-order valence-corrected chi connectivity index (χ3v) is 4.62. The molecule has 1 aromatic carbocycles. The fourth-order valence-electron chi connectivity index (χ4n) is 3.10. The molecule has 0 aliphatic carbocycles. The number of likely N-dealkylation sites (tertiary alicyclic amines) is 1. The molecular formula is C19H31N5O2. The quantitative estimate of drug-likeness (QED) is 0.596. The Morgan fingerprint density at radius 2 is 2.00 bits per heavy atom. The van der Waals surface area contributed by atoms with Crippen molar-refractivity contribution in [3.8, 4) is 0 Å². The lowest BCUT2D eigenvalue weighted by molar-refractivity contribution is 0.0963. The van der Waals surface area contributed by atoms with Gasteiger partial charge >= 0.3 is 6.09 Å². The Kier molecular flexibility index (Phi) is 7.72. The van der Waals surface area contributed by atoms with Crippen LogP contribution in [0.4, 0.5) is 4.79 Å². The molecule has 1 saturated heterocycles. The van der Waals surface area contributed by atoms with E-state index in [4.69, 9.17) is 10.5 Å². The molecule has 0 bridgehead atoms. The maximum Gasteiger partial charge on any atom is 0.409 e. The average Bonchev–Trinajstić information content (AvgIpc) is 2.63. The summed E-state index contributed by atoms with van der Waals surface area (Å²) >= 11 is 0. The van der Waals surface area contributed by atoms with E-state index < -0.39 is 0 Å². The van der Waals surface area contributed by atoms with Crippen LogP contribution in [0.15, 0.2) is 35.3 Å². The molecule has 1 heterocycles. The number of nitrogens with two attached hydrogens (primary N) is 1. The molecule has 0 saturated carbocycles. The van der Waals surface area contributed by atoms with E-state index in [1.165, 1.54) is 5.56 Å². The second-order valence-electron chi connectivity index (χ2n) is 6.72. The summed E-state index contributed by atoms with van der Waals surface area (Å²) in [5, 5.41) is 3.29. The SMILES string of the molecule is CCOC(=O)N1CCC(NC(N)=NCC(c2ccccc2)N(C)C)CC1. The zero-order valence-electron chi connectivity index (χ0n) is 16.0. The van der Waals surface area contributed by atoms with E-state index in [2.05, 4.69) is 27.3 Å². The van der Waals surface area contributed by atoms with Crippen LogP contribution in [0, 0.1) is 0 Å². The number of ether oxygens (including phenoxy) is 1. The topological polar surface area (TPSA) is 83.2 Å². The van der Waals surface area contributed by atoms with Crippen LogP contribution >= 0.6 is 0 Å². The van der Waals surface area contributed by atoms with Crippen molar-refractivity contribution in [3.05, 3.63) is 35.9 Å². The number of benzene rings is 1. The molecule has 1 atom stereocenters. The van der Waals surface area contributed by atoms with Gasteiger partial charge in [0.15, 0.2) is 5.96 Å². The normalized spacial score (nSPS) is 17.2. The molecule has 1 aromatic rings. The van der Waals surface area contributed by atoms with Crippen LogP contribution in [0.2, 0.25) is 0 Å². The van der Waals surface area contributed by atoms with Gasteiger partial charge in [-0.25, -0.2) is 4.79 Å². The van der Waals surface area contributed by atoms with Gasteiger partial charge in [-0.3, -0.25) is 4.99 Å². The highest BCUT2D eigenvalue weighted by atomic mass is 16.6. The standard InChI is InChI=1S/C19H31N5O2/c1-4-26-19(25)24-12-10-16(11-13-24)22-18(20)21-14-17(23(2)3)15-8-6-5-7-9-15/h5-9,16-17H,4,10-14H2,1-3H3,(H3,20,21,22). The van der Waals surface area contributed by atoms with E-state index in [1.54, 1.807) is 4.90 Å². The molecule has 7 heteroatoms. The number of hydrogen-bond acceptors (Lipinski definition) is 4. The molecular weight excluding hydrogens is 330 g/mol. The summed E-state index contributed by atoms with van der Waals surface area (Å²) in [4.78, 5) is 20.2. The minimum atomic E-state index is -0.232. The van der Waals surface area contributed by atoms with Crippen LogP contribution in [0.25, 0.3) is 0 Å². The van der Waals surface area contributed by atoms with Gasteiger partial charge in [0.25, 0.3) is 0 Å². The van der Waals surface area contributed by atoms with Gasteiger partial charge in [0.05, 0.1) is 19.2 Å². The summed E-state index contributed by atoms with van der Waals surface area (Å²) < 4.78 is 5.04. The second kappa shape index (κ2) is 10.0. The van der Waals surface area contributed by atoms with Crippen molar-refractivity contribution < 1.29 is 9.53 Å². The van der Waals surface area contributed by atoms with Gasteiger partial charge in [-0.1, -0.05) is 30.3 Å².